The molecule has 5 nitrogen and oxygen atoms in total. The number of amides is 2. The lowest BCUT2D eigenvalue weighted by molar-refractivity contribution is 0.0915. The summed E-state index contributed by atoms with van der Waals surface area (Å²) in [6, 6.07) is 10.3. The minimum absolute atomic E-state index is 0.153. The molecule has 0 spiro atoms. The lowest BCUT2D eigenvalue weighted by Gasteiger charge is -2.20. The predicted octanol–water partition coefficient (Wildman–Crippen LogP) is 2.54. The molecule has 0 saturated carbocycles. The van der Waals surface area contributed by atoms with Crippen molar-refractivity contribution in [2.24, 2.45) is 0 Å². The lowest BCUT2D eigenvalue weighted by atomic mass is 10.1. The highest BCUT2D eigenvalue weighted by Gasteiger charge is 2.15. The maximum atomic E-state index is 12.1. The van der Waals surface area contributed by atoms with Crippen molar-refractivity contribution in [3.05, 3.63) is 65.5 Å². The first-order chi connectivity index (χ1) is 10.8. The van der Waals surface area contributed by atoms with Crippen LogP contribution in [0, 0.1) is 0 Å². The summed E-state index contributed by atoms with van der Waals surface area (Å²) in [7, 11) is 0. The summed E-state index contributed by atoms with van der Waals surface area (Å²) in [5.41, 5.74) is 1.68. The van der Waals surface area contributed by atoms with Gasteiger partial charge in [-0.05, 0) is 56.7 Å². The van der Waals surface area contributed by atoms with E-state index < -0.39 is 0 Å². The molecule has 1 heterocycles. The molecule has 1 aromatic heterocycles. The second-order valence-corrected chi connectivity index (χ2v) is 6.33. The van der Waals surface area contributed by atoms with Crippen LogP contribution >= 0.6 is 0 Å². The van der Waals surface area contributed by atoms with Gasteiger partial charge >= 0.3 is 0 Å². The number of nitrogens with zero attached hydrogens (tertiary/aromatic N) is 1. The van der Waals surface area contributed by atoms with Gasteiger partial charge < -0.3 is 10.6 Å². The van der Waals surface area contributed by atoms with Gasteiger partial charge in [-0.25, -0.2) is 0 Å². The van der Waals surface area contributed by atoms with Gasteiger partial charge in [0.25, 0.3) is 11.8 Å². The third-order valence-electron chi connectivity index (χ3n) is 3.07. The minimum Gasteiger partial charge on any atom is -0.348 e. The third kappa shape index (κ3) is 5.21. The maximum Gasteiger partial charge on any atom is 0.251 e. The highest BCUT2D eigenvalue weighted by atomic mass is 16.2. The number of rotatable bonds is 4. The molecule has 1 aromatic carbocycles. The highest BCUT2D eigenvalue weighted by Crippen LogP contribution is 2.08. The van der Waals surface area contributed by atoms with Crippen LogP contribution in [0.3, 0.4) is 0 Å². The van der Waals surface area contributed by atoms with Crippen LogP contribution in [0.1, 0.15) is 47.1 Å². The van der Waals surface area contributed by atoms with E-state index in [1.807, 2.05) is 32.9 Å². The van der Waals surface area contributed by atoms with Crippen molar-refractivity contribution >= 4 is 11.8 Å². The fraction of sp³-hybridized carbons (Fsp3) is 0.278. The van der Waals surface area contributed by atoms with Gasteiger partial charge in [-0.2, -0.15) is 0 Å². The highest BCUT2D eigenvalue weighted by molar-refractivity contribution is 5.98. The van der Waals surface area contributed by atoms with Crippen LogP contribution in [0.15, 0.2) is 48.8 Å². The first-order valence-corrected chi connectivity index (χ1v) is 7.45. The smallest absolute Gasteiger partial charge is 0.251 e. The number of pyridine rings is 1. The van der Waals surface area contributed by atoms with E-state index in [-0.39, 0.29) is 17.4 Å². The van der Waals surface area contributed by atoms with Gasteiger partial charge in [-0.15, -0.1) is 0 Å². The van der Waals surface area contributed by atoms with Crippen molar-refractivity contribution < 1.29 is 9.59 Å². The molecule has 0 aliphatic carbocycles. The molecule has 0 radical (unpaired) electrons. The average molecular weight is 311 g/mol. The van der Waals surface area contributed by atoms with Crippen molar-refractivity contribution in [2.45, 2.75) is 32.9 Å². The molecule has 0 atom stereocenters. The number of carbonyl (C=O) groups excluding carboxylic acids is 2. The Kier molecular flexibility index (Phi) is 5.11. The van der Waals surface area contributed by atoms with Crippen LogP contribution < -0.4 is 10.6 Å². The number of hydrogen-bond donors (Lipinski definition) is 2. The van der Waals surface area contributed by atoms with Crippen molar-refractivity contribution in [1.29, 1.82) is 0 Å². The van der Waals surface area contributed by atoms with Crippen LogP contribution in [0.25, 0.3) is 0 Å². The fourth-order valence-corrected chi connectivity index (χ4v) is 1.97. The zero-order valence-electron chi connectivity index (χ0n) is 13.6. The molecule has 0 unspecified atom stereocenters. The summed E-state index contributed by atoms with van der Waals surface area (Å²) < 4.78 is 0. The molecule has 0 aliphatic rings. The topological polar surface area (TPSA) is 71.1 Å². The first-order valence-electron chi connectivity index (χ1n) is 7.45. The van der Waals surface area contributed by atoms with Gasteiger partial charge in [0.05, 0.1) is 0 Å². The number of benzene rings is 1. The van der Waals surface area contributed by atoms with E-state index in [1.165, 1.54) is 0 Å². The largest absolute Gasteiger partial charge is 0.348 e. The Morgan fingerprint density at radius 2 is 1.61 bits per heavy atom. The Morgan fingerprint density at radius 1 is 1.00 bits per heavy atom. The second-order valence-electron chi connectivity index (χ2n) is 6.33. The van der Waals surface area contributed by atoms with Crippen LogP contribution in [0.2, 0.25) is 0 Å². The molecule has 0 saturated heterocycles. The Bertz CT molecular complexity index is 674. The Labute approximate surface area is 136 Å². The fourth-order valence-electron chi connectivity index (χ4n) is 1.97. The van der Waals surface area contributed by atoms with Gasteiger partial charge in [0.15, 0.2) is 0 Å². The molecule has 0 fully saturated rings. The van der Waals surface area contributed by atoms with E-state index in [1.54, 1.807) is 36.7 Å². The summed E-state index contributed by atoms with van der Waals surface area (Å²) >= 11 is 0. The van der Waals surface area contributed by atoms with E-state index >= 15 is 0 Å². The number of carbonyl (C=O) groups is 2. The lowest BCUT2D eigenvalue weighted by Crippen LogP contribution is -2.40. The molecule has 120 valence electrons. The molecule has 5 heteroatoms. The SMILES string of the molecule is CC(C)(C)NC(=O)c1ccc(C(=O)NCc2cccnc2)cc1. The monoisotopic (exact) mass is 311 g/mol. The summed E-state index contributed by atoms with van der Waals surface area (Å²) in [4.78, 5) is 28.1. The van der Waals surface area contributed by atoms with Crippen LogP contribution in [-0.4, -0.2) is 22.3 Å². The predicted molar refractivity (Wildman–Crippen MR) is 89.1 cm³/mol. The minimum atomic E-state index is -0.295. The molecule has 2 aromatic rings. The summed E-state index contributed by atoms with van der Waals surface area (Å²) in [6.45, 7) is 6.18. The molecule has 2 rings (SSSR count). The molecule has 2 N–H and O–H groups in total. The zero-order chi connectivity index (χ0) is 16.9. The van der Waals surface area contributed by atoms with Crippen LogP contribution in [-0.2, 0) is 6.54 Å². The van der Waals surface area contributed by atoms with E-state index in [2.05, 4.69) is 15.6 Å². The van der Waals surface area contributed by atoms with Crippen LogP contribution in [0.5, 0.6) is 0 Å². The molecule has 2 amide bonds. The van der Waals surface area contributed by atoms with Gasteiger partial charge in [-0.3, -0.25) is 14.6 Å². The van der Waals surface area contributed by atoms with E-state index in [4.69, 9.17) is 0 Å². The van der Waals surface area contributed by atoms with E-state index in [0.717, 1.165) is 5.56 Å². The van der Waals surface area contributed by atoms with Crippen molar-refractivity contribution in [3.8, 4) is 0 Å². The normalized spacial score (nSPS) is 10.9. The third-order valence-corrected chi connectivity index (χ3v) is 3.07. The van der Waals surface area contributed by atoms with Crippen molar-refractivity contribution in [1.82, 2.24) is 15.6 Å². The van der Waals surface area contributed by atoms with Gasteiger partial charge in [0, 0.05) is 35.6 Å². The Morgan fingerprint density at radius 3 is 2.13 bits per heavy atom. The Hall–Kier alpha value is -2.69. The molecular formula is C18H21N3O2. The number of aromatic nitrogens is 1. The quantitative estimate of drug-likeness (QED) is 0.911. The average Bonchev–Trinajstić information content (AvgIpc) is 2.52. The van der Waals surface area contributed by atoms with E-state index in [9.17, 15) is 9.59 Å². The number of nitrogens with one attached hydrogen (secondary N) is 2. The van der Waals surface area contributed by atoms with Crippen molar-refractivity contribution in [2.75, 3.05) is 0 Å². The molecule has 0 bridgehead atoms. The summed E-state index contributed by atoms with van der Waals surface area (Å²) in [6.07, 6.45) is 3.40. The van der Waals surface area contributed by atoms with Gasteiger partial charge in [-0.1, -0.05) is 6.07 Å². The Balaban J connectivity index is 1.96. The standard InChI is InChI=1S/C18H21N3O2/c1-18(2,3)21-17(23)15-8-6-14(7-9-15)16(22)20-12-13-5-4-10-19-11-13/h4-11H,12H2,1-3H3,(H,20,22)(H,21,23). The molecule has 0 aliphatic heterocycles. The number of hydrogen-bond acceptors (Lipinski definition) is 3. The molecular weight excluding hydrogens is 290 g/mol. The molecule has 23 heavy (non-hydrogen) atoms. The maximum absolute atomic E-state index is 12.1. The summed E-state index contributed by atoms with van der Waals surface area (Å²) in [5.74, 6) is -0.337. The van der Waals surface area contributed by atoms with Crippen LogP contribution in [0.4, 0.5) is 0 Å². The summed E-state index contributed by atoms with van der Waals surface area (Å²) in [5, 5.41) is 5.71. The van der Waals surface area contributed by atoms with Gasteiger partial charge in [0.1, 0.15) is 0 Å². The van der Waals surface area contributed by atoms with E-state index in [0.29, 0.717) is 17.7 Å². The zero-order valence-corrected chi connectivity index (χ0v) is 13.6. The second kappa shape index (κ2) is 7.05. The van der Waals surface area contributed by atoms with Gasteiger partial charge in [0.2, 0.25) is 0 Å². The first kappa shape index (κ1) is 16.7. The van der Waals surface area contributed by atoms with Crippen molar-refractivity contribution in [3.63, 3.8) is 0 Å².